The van der Waals surface area contributed by atoms with Crippen LogP contribution in [-0.2, 0) is 14.3 Å². The van der Waals surface area contributed by atoms with E-state index in [1.54, 1.807) is 7.05 Å². The van der Waals surface area contributed by atoms with E-state index in [1.807, 2.05) is 24.3 Å². The zero-order valence-corrected chi connectivity index (χ0v) is 18.0. The third-order valence-electron chi connectivity index (χ3n) is 5.64. The van der Waals surface area contributed by atoms with Crippen LogP contribution in [0, 0.1) is 0 Å². The Kier molecular flexibility index (Phi) is 7.84. The number of hydrogen-bond acceptors (Lipinski definition) is 5. The highest BCUT2D eigenvalue weighted by molar-refractivity contribution is 5.82. The molecular weight excluding hydrogens is 392 g/mol. The van der Waals surface area contributed by atoms with Crippen molar-refractivity contribution in [3.63, 3.8) is 0 Å². The van der Waals surface area contributed by atoms with Crippen LogP contribution >= 0.6 is 0 Å². The molecule has 1 aliphatic rings. The number of fused-ring (bicyclic) bond motifs is 3. The Balaban J connectivity index is 1.69. The third kappa shape index (κ3) is 5.14. The van der Waals surface area contributed by atoms with Crippen molar-refractivity contribution in [2.24, 2.45) is 5.73 Å². The Bertz CT molecular complexity index is 882. The Morgan fingerprint density at radius 2 is 1.68 bits per heavy atom. The highest BCUT2D eigenvalue weighted by Gasteiger charge is 2.32. The third-order valence-corrected chi connectivity index (χ3v) is 5.64. The first-order valence-electron chi connectivity index (χ1n) is 10.6. The van der Waals surface area contributed by atoms with Crippen molar-refractivity contribution < 1.29 is 19.1 Å². The molecule has 0 fully saturated rings. The summed E-state index contributed by atoms with van der Waals surface area (Å²) in [4.78, 5) is 26.6. The molecule has 1 unspecified atom stereocenters. The van der Waals surface area contributed by atoms with Crippen LogP contribution in [-0.4, -0.2) is 49.8 Å². The summed E-state index contributed by atoms with van der Waals surface area (Å²) in [6, 6.07) is 15.6. The van der Waals surface area contributed by atoms with Gasteiger partial charge in [-0.3, -0.25) is 4.90 Å². The molecule has 0 aliphatic heterocycles. The molecule has 0 saturated carbocycles. The van der Waals surface area contributed by atoms with E-state index in [-0.39, 0.29) is 19.1 Å². The number of carbonyl (C=O) groups excluding carboxylic acids is 2. The summed E-state index contributed by atoms with van der Waals surface area (Å²) in [5.41, 5.74) is 10.2. The van der Waals surface area contributed by atoms with E-state index in [1.165, 1.54) is 22.1 Å². The van der Waals surface area contributed by atoms with Crippen molar-refractivity contribution >= 4 is 12.1 Å². The van der Waals surface area contributed by atoms with Gasteiger partial charge in [0.2, 0.25) is 0 Å². The van der Waals surface area contributed by atoms with Crippen LogP contribution in [0.4, 0.5) is 4.79 Å². The van der Waals surface area contributed by atoms with Gasteiger partial charge in [-0.25, -0.2) is 9.59 Å². The highest BCUT2D eigenvalue weighted by Crippen LogP contribution is 2.44. The molecule has 31 heavy (non-hydrogen) atoms. The molecule has 6 heteroatoms. The van der Waals surface area contributed by atoms with Crippen LogP contribution in [0.1, 0.15) is 36.3 Å². The highest BCUT2D eigenvalue weighted by atomic mass is 16.6. The minimum absolute atomic E-state index is 0.0341. The van der Waals surface area contributed by atoms with Crippen molar-refractivity contribution in [1.82, 2.24) is 4.90 Å². The summed E-state index contributed by atoms with van der Waals surface area (Å²) >= 11 is 0. The molecule has 0 radical (unpaired) electrons. The Morgan fingerprint density at radius 3 is 2.26 bits per heavy atom. The number of carbonyl (C=O) groups is 2. The molecule has 1 atom stereocenters. The zero-order valence-electron chi connectivity index (χ0n) is 18.0. The number of unbranched alkanes of at least 4 members (excludes halogenated alkanes) is 1. The predicted molar refractivity (Wildman–Crippen MR) is 121 cm³/mol. The largest absolute Gasteiger partial charge is 0.460 e. The Morgan fingerprint density at radius 1 is 1.06 bits per heavy atom. The number of nitrogens with zero attached hydrogens (tertiary/aromatic N) is 1. The lowest BCUT2D eigenvalue weighted by molar-refractivity contribution is -0.148. The summed E-state index contributed by atoms with van der Waals surface area (Å²) in [5, 5.41) is 0. The Labute approximate surface area is 183 Å². The normalized spacial score (nSPS) is 13.1. The molecule has 164 valence electrons. The van der Waals surface area contributed by atoms with E-state index >= 15 is 0 Å². The fraction of sp³-hybridized carbons (Fsp3) is 0.360. The molecule has 1 amide bonds. The van der Waals surface area contributed by atoms with Gasteiger partial charge in [-0.1, -0.05) is 61.2 Å². The summed E-state index contributed by atoms with van der Waals surface area (Å²) in [6.07, 6.45) is 2.90. The number of benzene rings is 2. The van der Waals surface area contributed by atoms with Gasteiger partial charge in [-0.15, -0.1) is 0 Å². The fourth-order valence-corrected chi connectivity index (χ4v) is 4.01. The van der Waals surface area contributed by atoms with E-state index in [9.17, 15) is 9.59 Å². The van der Waals surface area contributed by atoms with E-state index in [4.69, 9.17) is 15.2 Å². The van der Waals surface area contributed by atoms with E-state index in [0.29, 0.717) is 19.4 Å². The topological polar surface area (TPSA) is 81.9 Å². The second-order valence-electron chi connectivity index (χ2n) is 7.63. The van der Waals surface area contributed by atoms with Gasteiger partial charge in [-0.2, -0.15) is 0 Å². The van der Waals surface area contributed by atoms with Gasteiger partial charge in [-0.05, 0) is 48.1 Å². The van der Waals surface area contributed by atoms with E-state index in [0.717, 1.165) is 17.5 Å². The Hall–Kier alpha value is -3.12. The fourth-order valence-electron chi connectivity index (χ4n) is 4.01. The molecule has 0 spiro atoms. The molecule has 0 aromatic heterocycles. The second kappa shape index (κ2) is 10.8. The number of nitrogens with two attached hydrogens (primary N) is 1. The van der Waals surface area contributed by atoms with E-state index < -0.39 is 18.1 Å². The molecule has 2 N–H and O–H groups in total. The van der Waals surface area contributed by atoms with Crippen molar-refractivity contribution in [3.8, 4) is 11.1 Å². The average molecular weight is 423 g/mol. The second-order valence-corrected chi connectivity index (χ2v) is 7.63. The van der Waals surface area contributed by atoms with Crippen molar-refractivity contribution in [2.75, 3.05) is 26.8 Å². The molecule has 2 aromatic rings. The molecule has 1 aliphatic carbocycles. The first-order valence-corrected chi connectivity index (χ1v) is 10.6. The minimum Gasteiger partial charge on any atom is -0.460 e. The first-order chi connectivity index (χ1) is 15.1. The van der Waals surface area contributed by atoms with Crippen LogP contribution in [0.25, 0.3) is 11.1 Å². The summed E-state index contributed by atoms with van der Waals surface area (Å²) < 4.78 is 10.9. The van der Waals surface area contributed by atoms with Crippen LogP contribution in [0.2, 0.25) is 0 Å². The van der Waals surface area contributed by atoms with Crippen molar-refractivity contribution in [2.45, 2.75) is 31.2 Å². The van der Waals surface area contributed by atoms with Crippen LogP contribution in [0.15, 0.2) is 61.2 Å². The van der Waals surface area contributed by atoms with Crippen LogP contribution < -0.4 is 5.73 Å². The molecule has 0 saturated heterocycles. The van der Waals surface area contributed by atoms with Gasteiger partial charge < -0.3 is 15.2 Å². The standard InChI is InChI=1S/C25H30N2O4/c1-3-16-30-24(28)23(14-8-9-15-26)27(2)25(29)31-17-22-20-12-6-4-10-18(20)19-11-5-7-13-21(19)22/h3-7,10-13,22-23H,1,8-9,14-17,26H2,2H3. The molecule has 2 aromatic carbocycles. The molecule has 3 rings (SSSR count). The van der Waals surface area contributed by atoms with Crippen molar-refractivity contribution in [1.29, 1.82) is 0 Å². The van der Waals surface area contributed by atoms with Gasteiger partial charge >= 0.3 is 12.1 Å². The number of esters is 1. The average Bonchev–Trinajstić information content (AvgIpc) is 3.12. The molecule has 6 nitrogen and oxygen atoms in total. The first kappa shape index (κ1) is 22.6. The van der Waals surface area contributed by atoms with Gasteiger partial charge in [0.25, 0.3) is 0 Å². The van der Waals surface area contributed by atoms with Crippen molar-refractivity contribution in [3.05, 3.63) is 72.3 Å². The van der Waals surface area contributed by atoms with Crippen LogP contribution in [0.3, 0.4) is 0 Å². The number of hydrogen-bond donors (Lipinski definition) is 1. The van der Waals surface area contributed by atoms with Gasteiger partial charge in [0.1, 0.15) is 19.3 Å². The monoisotopic (exact) mass is 422 g/mol. The van der Waals surface area contributed by atoms with Gasteiger partial charge in [0.15, 0.2) is 0 Å². The maximum Gasteiger partial charge on any atom is 0.410 e. The smallest absolute Gasteiger partial charge is 0.410 e. The minimum atomic E-state index is -0.720. The lowest BCUT2D eigenvalue weighted by Gasteiger charge is -2.26. The predicted octanol–water partition coefficient (Wildman–Crippen LogP) is 4.09. The van der Waals surface area contributed by atoms with E-state index in [2.05, 4.69) is 30.8 Å². The number of rotatable bonds is 10. The number of ether oxygens (including phenoxy) is 2. The summed E-state index contributed by atoms with van der Waals surface area (Å²) in [7, 11) is 1.57. The summed E-state index contributed by atoms with van der Waals surface area (Å²) in [6.45, 7) is 4.39. The van der Waals surface area contributed by atoms with Gasteiger partial charge in [0, 0.05) is 13.0 Å². The lowest BCUT2D eigenvalue weighted by Crippen LogP contribution is -2.44. The van der Waals surface area contributed by atoms with Crippen LogP contribution in [0.5, 0.6) is 0 Å². The molecular formula is C25H30N2O4. The lowest BCUT2D eigenvalue weighted by atomic mass is 9.98. The maximum absolute atomic E-state index is 12.8. The number of likely N-dealkylation sites (N-methyl/N-ethyl adjacent to an activating group) is 1. The molecule has 0 heterocycles. The molecule has 0 bridgehead atoms. The van der Waals surface area contributed by atoms with Gasteiger partial charge in [0.05, 0.1) is 0 Å². The zero-order chi connectivity index (χ0) is 22.2. The maximum atomic E-state index is 12.8. The number of amides is 1. The SMILES string of the molecule is C=CCOC(=O)C(CCCCN)N(C)C(=O)OCC1c2ccccc2-c2ccccc21. The quantitative estimate of drug-likeness (QED) is 0.354. The summed E-state index contributed by atoms with van der Waals surface area (Å²) in [5.74, 6) is -0.499.